The van der Waals surface area contributed by atoms with Crippen molar-refractivity contribution in [2.45, 2.75) is 400 Å². The van der Waals surface area contributed by atoms with Crippen molar-refractivity contribution in [2.75, 3.05) is 40.6 Å². The van der Waals surface area contributed by atoms with Crippen molar-refractivity contribution in [3.05, 3.63) is 24.3 Å². The molecule has 0 fully saturated rings. The number of hydrogen-bond acceptors (Lipinski definition) is 7. The summed E-state index contributed by atoms with van der Waals surface area (Å²) in [5.41, 5.74) is 0. The van der Waals surface area contributed by atoms with Crippen LogP contribution < -0.4 is 0 Å². The maximum absolute atomic E-state index is 6.29. The number of methoxy groups -OCH3 is 2. The summed E-state index contributed by atoms with van der Waals surface area (Å²) in [6.07, 6.45) is 78.3. The molecule has 0 spiro atoms. The van der Waals surface area contributed by atoms with E-state index in [-0.39, 0.29) is 12.6 Å². The maximum Gasteiger partial charge on any atom is 0.179 e. The van der Waals surface area contributed by atoms with E-state index in [1.807, 2.05) is 12.2 Å². The summed E-state index contributed by atoms with van der Waals surface area (Å²) in [6, 6.07) is 0. The lowest BCUT2D eigenvalue weighted by molar-refractivity contribution is -0.188. The van der Waals surface area contributed by atoms with Crippen LogP contribution in [0.15, 0.2) is 24.3 Å². The Hall–Kier alpha value is -0.800. The Labute approximate surface area is 495 Å². The van der Waals surface area contributed by atoms with Gasteiger partial charge in [-0.3, -0.25) is 0 Å². The van der Waals surface area contributed by atoms with Gasteiger partial charge in [-0.15, -0.1) is 0 Å². The second-order valence-corrected chi connectivity index (χ2v) is 24.0. The van der Waals surface area contributed by atoms with Gasteiger partial charge in [0, 0.05) is 40.6 Å². The summed E-state index contributed by atoms with van der Waals surface area (Å²) in [7, 11) is 3.42. The number of ether oxygens (including phenoxy) is 7. The second kappa shape index (κ2) is 69.7. The molecule has 0 aliphatic rings. The number of allylic oxidation sites excluding steroid dienone is 2. The molecular weight excluding hydrogens is 977 g/mol. The molecule has 0 aromatic heterocycles. The Bertz CT molecular complexity index is 1020. The molecule has 0 heterocycles. The van der Waals surface area contributed by atoms with Gasteiger partial charge in [-0.25, -0.2) is 0 Å². The van der Waals surface area contributed by atoms with Crippen LogP contribution in [0.3, 0.4) is 0 Å². The van der Waals surface area contributed by atoms with Gasteiger partial charge in [0.2, 0.25) is 0 Å². The van der Waals surface area contributed by atoms with Gasteiger partial charge in [-0.2, -0.15) is 0 Å². The average Bonchev–Trinajstić information content (AvgIpc) is 3.46. The molecule has 0 radical (unpaired) electrons. The van der Waals surface area contributed by atoms with E-state index < -0.39 is 12.6 Å². The minimum Gasteiger partial charge on any atom is -0.353 e. The smallest absolute Gasteiger partial charge is 0.179 e. The van der Waals surface area contributed by atoms with Gasteiger partial charge in [-0.1, -0.05) is 310 Å². The first-order valence-electron chi connectivity index (χ1n) is 35.7. The van der Waals surface area contributed by atoms with Crippen LogP contribution in [0.4, 0.5) is 0 Å². The number of unbranched alkanes of at least 4 members (excludes halogenated alkanes) is 46. The fourth-order valence-corrected chi connectivity index (χ4v) is 10.8. The normalized spacial score (nSPS) is 13.0. The average molecular weight is 1120 g/mol. The highest BCUT2D eigenvalue weighted by Gasteiger charge is 2.13. The van der Waals surface area contributed by atoms with Gasteiger partial charge in [0.1, 0.15) is 0 Å². The highest BCUT2D eigenvalue weighted by atomic mass is 16.8. The standard InChI is InChI=1S/C72H142O7/c1-7-11-15-19-41-49-57-65-75-71(76-66-58-50-42-20-16-12-8-2)63-55-47-39-35-31-27-23-25-29-33-37-45-53-61-69(73-5)79-70(74-6)62-54-46-38-34-30-26-24-28-32-36-40-48-56-64-72(77-67-59-51-43-21-17-13-9-3)78-68-60-52-44-22-18-14-10-4/h53-54,61-62,69-72H,7-52,55-60,63-68H2,1-6H3. The molecule has 0 aliphatic carbocycles. The topological polar surface area (TPSA) is 64.6 Å². The lowest BCUT2D eigenvalue weighted by atomic mass is 10.0. The fraction of sp³-hybridized carbons (Fsp3) is 0.944. The van der Waals surface area contributed by atoms with Crippen LogP contribution in [-0.4, -0.2) is 65.8 Å². The molecule has 7 nitrogen and oxygen atoms in total. The Morgan fingerprint density at radius 3 is 0.671 bits per heavy atom. The molecule has 0 rings (SSSR count). The lowest BCUT2D eigenvalue weighted by Gasteiger charge is -2.19. The molecule has 0 aliphatic heterocycles. The van der Waals surface area contributed by atoms with Gasteiger partial charge in [-0.05, 0) is 89.2 Å². The zero-order valence-electron chi connectivity index (χ0n) is 54.5. The maximum atomic E-state index is 6.29. The third-order valence-electron chi connectivity index (χ3n) is 16.1. The minimum absolute atomic E-state index is 0.00360. The van der Waals surface area contributed by atoms with Gasteiger partial charge in [0.15, 0.2) is 25.2 Å². The third kappa shape index (κ3) is 63.1. The Morgan fingerprint density at radius 1 is 0.241 bits per heavy atom. The Morgan fingerprint density at radius 2 is 0.443 bits per heavy atom. The molecular formula is C72H142O7. The summed E-state index contributed by atoms with van der Waals surface area (Å²) >= 11 is 0. The number of rotatable bonds is 70. The first kappa shape index (κ1) is 78.2. The predicted molar refractivity (Wildman–Crippen MR) is 344 cm³/mol. The first-order valence-corrected chi connectivity index (χ1v) is 35.7. The summed E-state index contributed by atoms with van der Waals surface area (Å²) in [5, 5.41) is 0. The van der Waals surface area contributed by atoms with Crippen molar-refractivity contribution >= 4 is 0 Å². The summed E-state index contributed by atoms with van der Waals surface area (Å²) < 4.78 is 42.5. The van der Waals surface area contributed by atoms with E-state index in [0.717, 1.165) is 52.1 Å². The Balaban J connectivity index is 4.00. The molecule has 7 heteroatoms. The zero-order chi connectivity index (χ0) is 57.1. The summed E-state index contributed by atoms with van der Waals surface area (Å²) in [5.74, 6) is 0. The van der Waals surface area contributed by atoms with Crippen LogP contribution in [0.5, 0.6) is 0 Å². The van der Waals surface area contributed by atoms with Crippen molar-refractivity contribution in [3.8, 4) is 0 Å². The Kier molecular flexibility index (Phi) is 69.0. The molecule has 79 heavy (non-hydrogen) atoms. The zero-order valence-corrected chi connectivity index (χ0v) is 54.5. The van der Waals surface area contributed by atoms with E-state index in [0.29, 0.717) is 0 Å². The van der Waals surface area contributed by atoms with Gasteiger partial charge in [0.05, 0.1) is 0 Å². The molecule has 2 atom stereocenters. The van der Waals surface area contributed by atoms with E-state index in [1.54, 1.807) is 14.2 Å². The number of hydrogen-bond donors (Lipinski definition) is 0. The molecule has 0 saturated heterocycles. The van der Waals surface area contributed by atoms with Crippen molar-refractivity contribution in [2.24, 2.45) is 0 Å². The van der Waals surface area contributed by atoms with E-state index in [2.05, 4.69) is 39.8 Å². The van der Waals surface area contributed by atoms with Crippen LogP contribution >= 0.6 is 0 Å². The molecule has 0 amide bonds. The summed E-state index contributed by atoms with van der Waals surface area (Å²) in [6.45, 7) is 12.6. The monoisotopic (exact) mass is 1120 g/mol. The van der Waals surface area contributed by atoms with Crippen LogP contribution in [0.2, 0.25) is 0 Å². The van der Waals surface area contributed by atoms with Crippen LogP contribution in [0.1, 0.15) is 374 Å². The molecule has 0 aromatic carbocycles. The van der Waals surface area contributed by atoms with Crippen LogP contribution in [-0.2, 0) is 33.2 Å². The summed E-state index contributed by atoms with van der Waals surface area (Å²) in [4.78, 5) is 0. The fourth-order valence-electron chi connectivity index (χ4n) is 10.8. The van der Waals surface area contributed by atoms with Gasteiger partial charge < -0.3 is 33.2 Å². The first-order chi connectivity index (χ1) is 39.1. The van der Waals surface area contributed by atoms with Gasteiger partial charge >= 0.3 is 0 Å². The van der Waals surface area contributed by atoms with Crippen molar-refractivity contribution in [1.29, 1.82) is 0 Å². The quantitative estimate of drug-likeness (QED) is 0.0342. The highest BCUT2D eigenvalue weighted by molar-refractivity contribution is 4.89. The van der Waals surface area contributed by atoms with E-state index in [4.69, 9.17) is 33.2 Å². The molecule has 0 aromatic rings. The largest absolute Gasteiger partial charge is 0.353 e. The molecule has 472 valence electrons. The predicted octanol–water partition coefficient (Wildman–Crippen LogP) is 23.9. The molecule has 0 N–H and O–H groups in total. The van der Waals surface area contributed by atoms with E-state index in [1.165, 1.54) is 321 Å². The van der Waals surface area contributed by atoms with E-state index in [9.17, 15) is 0 Å². The van der Waals surface area contributed by atoms with Gasteiger partial charge in [0.25, 0.3) is 0 Å². The third-order valence-corrected chi connectivity index (χ3v) is 16.1. The van der Waals surface area contributed by atoms with Crippen LogP contribution in [0, 0.1) is 0 Å². The minimum atomic E-state index is -0.391. The second-order valence-electron chi connectivity index (χ2n) is 24.0. The SMILES string of the molecule is CCCCCCCCCOC(CCCCCCCCCCCCCC=CC(OC)OC(C=CCCCCCCCCCCCCCC(OCCCCCCCCC)OCCCCCCCCC)OC)OCCCCCCCCC. The van der Waals surface area contributed by atoms with Crippen molar-refractivity contribution < 1.29 is 33.2 Å². The highest BCUT2D eigenvalue weighted by Crippen LogP contribution is 2.19. The molecule has 0 saturated carbocycles. The molecule has 2 unspecified atom stereocenters. The molecule has 0 bridgehead atoms. The lowest BCUT2D eigenvalue weighted by Crippen LogP contribution is -2.22. The van der Waals surface area contributed by atoms with Crippen molar-refractivity contribution in [3.63, 3.8) is 0 Å². The van der Waals surface area contributed by atoms with E-state index >= 15 is 0 Å². The van der Waals surface area contributed by atoms with Crippen LogP contribution in [0.25, 0.3) is 0 Å². The van der Waals surface area contributed by atoms with Crippen molar-refractivity contribution in [1.82, 2.24) is 0 Å².